The zero-order chi connectivity index (χ0) is 23.2. The largest absolute Gasteiger partial charge is 0.462 e. The van der Waals surface area contributed by atoms with E-state index < -0.39 is 11.9 Å². The number of nitrogens with one attached hydrogen (secondary N) is 1. The molecule has 0 unspecified atom stereocenters. The number of rotatable bonds is 10. The molecule has 0 saturated carbocycles. The van der Waals surface area contributed by atoms with Crippen molar-refractivity contribution < 1.29 is 19.1 Å². The fraction of sp³-hybridized carbons (Fsp3) is 0.545. The average Bonchev–Trinajstić information content (AvgIpc) is 3.41. The predicted molar refractivity (Wildman–Crippen MR) is 134 cm³/mol. The number of carbonyl (C=O) groups is 2. The maximum atomic E-state index is 11.8. The summed E-state index contributed by atoms with van der Waals surface area (Å²) in [6, 6.07) is 0. The molecule has 0 aliphatic heterocycles. The van der Waals surface area contributed by atoms with Gasteiger partial charge in [0.15, 0.2) is 10.7 Å². The van der Waals surface area contributed by atoms with Crippen LogP contribution in [0, 0.1) is 0 Å². The van der Waals surface area contributed by atoms with Gasteiger partial charge in [0, 0.05) is 16.5 Å². The van der Waals surface area contributed by atoms with Crippen LogP contribution in [0.5, 0.6) is 0 Å². The number of esters is 2. The van der Waals surface area contributed by atoms with Crippen molar-refractivity contribution in [2.45, 2.75) is 67.2 Å². The van der Waals surface area contributed by atoms with Gasteiger partial charge in [-0.25, -0.2) is 19.6 Å². The summed E-state index contributed by atoms with van der Waals surface area (Å²) in [5, 5.41) is 6.93. The topological polar surface area (TPSA) is 90.4 Å². The lowest BCUT2D eigenvalue weighted by atomic mass is 10.2. The van der Waals surface area contributed by atoms with Crippen molar-refractivity contribution in [3.63, 3.8) is 0 Å². The van der Waals surface area contributed by atoms with Gasteiger partial charge in [0.25, 0.3) is 0 Å². The highest BCUT2D eigenvalue weighted by Gasteiger charge is 2.21. The smallest absolute Gasteiger partial charge is 0.347 e. The van der Waals surface area contributed by atoms with Crippen molar-refractivity contribution in [2.75, 3.05) is 18.5 Å². The molecule has 32 heavy (non-hydrogen) atoms. The van der Waals surface area contributed by atoms with Crippen LogP contribution in [0.4, 0.5) is 5.13 Å². The van der Waals surface area contributed by atoms with Gasteiger partial charge in [-0.3, -0.25) is 0 Å². The number of ether oxygens (including phenoxy) is 2. The SMILES string of the molecule is CCOC(=O)C(=CNc1nc(CC)c(CC)s1)C(=O)OCC.CCc1csc(CC)n1.Cl. The second kappa shape index (κ2) is 16.6. The molecule has 2 rings (SSSR count). The van der Waals surface area contributed by atoms with Gasteiger partial charge in [-0.1, -0.05) is 27.7 Å². The van der Waals surface area contributed by atoms with Gasteiger partial charge in [0.1, 0.15) is 0 Å². The maximum Gasteiger partial charge on any atom is 0.347 e. The van der Waals surface area contributed by atoms with E-state index in [1.54, 1.807) is 25.2 Å². The van der Waals surface area contributed by atoms with Crippen molar-refractivity contribution in [1.82, 2.24) is 9.97 Å². The summed E-state index contributed by atoms with van der Waals surface area (Å²) >= 11 is 3.27. The van der Waals surface area contributed by atoms with E-state index in [4.69, 9.17) is 9.47 Å². The fourth-order valence-electron chi connectivity index (χ4n) is 2.42. The standard InChI is InChI=1S/C15H22N2O4S.C7H11NS.ClH/c1-5-11-12(6-2)22-15(17-11)16-9-10(13(18)20-7-3)14(19)21-8-4;1-3-6-5-9-7(4-2)8-6;/h9H,5-8H2,1-4H3,(H,16,17);5H,3-4H2,1-2H3;1H. The molecule has 0 atom stereocenters. The highest BCUT2D eigenvalue weighted by Crippen LogP contribution is 2.24. The molecule has 7 nitrogen and oxygen atoms in total. The van der Waals surface area contributed by atoms with E-state index in [0.29, 0.717) is 5.13 Å². The number of halogens is 1. The number of hydrogen-bond acceptors (Lipinski definition) is 9. The van der Waals surface area contributed by atoms with Crippen molar-refractivity contribution in [1.29, 1.82) is 0 Å². The quantitative estimate of drug-likeness (QED) is 0.201. The molecule has 0 aliphatic rings. The van der Waals surface area contributed by atoms with Gasteiger partial charge in [0.2, 0.25) is 0 Å². The van der Waals surface area contributed by atoms with Gasteiger partial charge in [0.05, 0.1) is 29.6 Å². The van der Waals surface area contributed by atoms with Crippen LogP contribution in [0.25, 0.3) is 0 Å². The average molecular weight is 504 g/mol. The Labute approximate surface area is 205 Å². The highest BCUT2D eigenvalue weighted by molar-refractivity contribution is 7.15. The molecule has 2 aromatic rings. The lowest BCUT2D eigenvalue weighted by Gasteiger charge is -2.06. The van der Waals surface area contributed by atoms with E-state index in [2.05, 4.69) is 41.4 Å². The summed E-state index contributed by atoms with van der Waals surface area (Å²) in [5.74, 6) is -1.42. The van der Waals surface area contributed by atoms with Crippen LogP contribution < -0.4 is 5.32 Å². The molecule has 180 valence electrons. The Morgan fingerprint density at radius 2 is 1.56 bits per heavy atom. The minimum atomic E-state index is -0.712. The normalized spacial score (nSPS) is 9.69. The third-order valence-electron chi connectivity index (χ3n) is 4.03. The number of carbonyl (C=O) groups excluding carboxylic acids is 2. The lowest BCUT2D eigenvalue weighted by molar-refractivity contribution is -0.146. The van der Waals surface area contributed by atoms with Crippen LogP contribution in [-0.4, -0.2) is 35.1 Å². The Hall–Kier alpha value is -1.97. The first-order valence-electron chi connectivity index (χ1n) is 10.7. The first-order chi connectivity index (χ1) is 14.9. The Bertz CT molecular complexity index is 805. The summed E-state index contributed by atoms with van der Waals surface area (Å²) < 4.78 is 9.73. The third kappa shape index (κ3) is 9.67. The lowest BCUT2D eigenvalue weighted by Crippen LogP contribution is -2.19. The zero-order valence-corrected chi connectivity index (χ0v) is 22.1. The molecule has 0 fully saturated rings. The molecule has 0 bridgehead atoms. The number of anilines is 1. The van der Waals surface area contributed by atoms with Gasteiger partial charge < -0.3 is 14.8 Å². The molecule has 0 amide bonds. The Morgan fingerprint density at radius 3 is 1.94 bits per heavy atom. The molecule has 0 aliphatic carbocycles. The first kappa shape index (κ1) is 30.0. The molecule has 10 heteroatoms. The zero-order valence-electron chi connectivity index (χ0n) is 19.6. The van der Waals surface area contributed by atoms with Gasteiger partial charge in [-0.2, -0.15) is 0 Å². The fourth-order valence-corrected chi connectivity index (χ4v) is 4.21. The van der Waals surface area contributed by atoms with Crippen LogP contribution in [0.15, 0.2) is 17.2 Å². The number of hydrogen-bond donors (Lipinski definition) is 1. The van der Waals surface area contributed by atoms with E-state index in [1.807, 2.05) is 6.92 Å². The van der Waals surface area contributed by atoms with Crippen LogP contribution in [0.1, 0.15) is 62.8 Å². The molecule has 0 aromatic carbocycles. The first-order valence-corrected chi connectivity index (χ1v) is 12.4. The molecule has 0 spiro atoms. The Kier molecular flexibility index (Phi) is 15.6. The maximum absolute atomic E-state index is 11.8. The minimum Gasteiger partial charge on any atom is -0.462 e. The predicted octanol–water partition coefficient (Wildman–Crippen LogP) is 5.38. The van der Waals surface area contributed by atoms with Gasteiger partial charge >= 0.3 is 11.9 Å². The van der Waals surface area contributed by atoms with Crippen LogP contribution in [-0.2, 0) is 44.7 Å². The molecule has 2 aromatic heterocycles. The summed E-state index contributed by atoms with van der Waals surface area (Å²) in [6.07, 6.45) is 5.18. The van der Waals surface area contributed by atoms with Crippen LogP contribution in [0.3, 0.4) is 0 Å². The van der Waals surface area contributed by atoms with Crippen molar-refractivity contribution in [3.05, 3.63) is 38.4 Å². The molecular formula is C22H34ClN3O4S2. The molecule has 0 saturated heterocycles. The second-order valence-corrected chi connectivity index (χ2v) is 8.21. The number of aryl methyl sites for hydroxylation is 4. The Morgan fingerprint density at radius 1 is 0.938 bits per heavy atom. The third-order valence-corrected chi connectivity index (χ3v) is 6.24. The number of nitrogens with zero attached hydrogens (tertiary/aromatic N) is 2. The summed E-state index contributed by atoms with van der Waals surface area (Å²) in [5.41, 5.74) is 2.09. The van der Waals surface area contributed by atoms with E-state index in [9.17, 15) is 9.59 Å². The van der Waals surface area contributed by atoms with Crippen molar-refractivity contribution in [2.24, 2.45) is 0 Å². The Balaban J connectivity index is 0.000000803. The molecule has 2 heterocycles. The molecular weight excluding hydrogens is 470 g/mol. The highest BCUT2D eigenvalue weighted by atomic mass is 35.5. The number of aromatic nitrogens is 2. The second-order valence-electron chi connectivity index (χ2n) is 6.18. The van der Waals surface area contributed by atoms with Gasteiger partial charge in [-0.15, -0.1) is 35.1 Å². The van der Waals surface area contributed by atoms with Crippen LogP contribution in [0.2, 0.25) is 0 Å². The summed E-state index contributed by atoms with van der Waals surface area (Å²) in [4.78, 5) is 33.6. The van der Waals surface area contributed by atoms with Crippen molar-refractivity contribution in [3.8, 4) is 0 Å². The summed E-state index contributed by atoms with van der Waals surface area (Å²) in [6.45, 7) is 12.1. The van der Waals surface area contributed by atoms with E-state index in [-0.39, 0.29) is 31.2 Å². The number of thiazole rings is 2. The van der Waals surface area contributed by atoms with E-state index in [1.165, 1.54) is 33.1 Å². The van der Waals surface area contributed by atoms with Gasteiger partial charge in [-0.05, 0) is 39.5 Å². The van der Waals surface area contributed by atoms with E-state index >= 15 is 0 Å². The minimum absolute atomic E-state index is 0. The van der Waals surface area contributed by atoms with Crippen LogP contribution >= 0.6 is 35.1 Å². The van der Waals surface area contributed by atoms with E-state index in [0.717, 1.165) is 31.4 Å². The molecule has 1 N–H and O–H groups in total. The summed E-state index contributed by atoms with van der Waals surface area (Å²) in [7, 11) is 0. The monoisotopic (exact) mass is 503 g/mol. The van der Waals surface area contributed by atoms with Crippen molar-refractivity contribution >= 4 is 52.2 Å². The molecule has 0 radical (unpaired) electrons.